The van der Waals surface area contributed by atoms with Crippen molar-refractivity contribution >= 4 is 0 Å². The highest BCUT2D eigenvalue weighted by Crippen LogP contribution is 2.56. The maximum absolute atomic E-state index is 9.87. The van der Waals surface area contributed by atoms with Crippen LogP contribution in [0.15, 0.2) is 24.3 Å². The van der Waals surface area contributed by atoms with Gasteiger partial charge in [-0.15, -0.1) is 6.58 Å². The number of fused-ring (bicyclic) bond motifs is 1. The molecule has 1 N–H and O–H groups in total. The molecule has 0 aliphatic heterocycles. The summed E-state index contributed by atoms with van der Waals surface area (Å²) in [6, 6.07) is 0. The van der Waals surface area contributed by atoms with E-state index in [1.807, 2.05) is 6.92 Å². The van der Waals surface area contributed by atoms with Crippen molar-refractivity contribution < 1.29 is 5.11 Å². The molecular formula is C12H18O. The van der Waals surface area contributed by atoms with Gasteiger partial charge in [-0.3, -0.25) is 0 Å². The predicted octanol–water partition coefficient (Wildman–Crippen LogP) is 2.53. The summed E-state index contributed by atoms with van der Waals surface area (Å²) < 4.78 is 0. The van der Waals surface area contributed by atoms with E-state index in [1.54, 1.807) is 0 Å². The molecule has 2 aliphatic carbocycles. The Hall–Kier alpha value is -0.560. The van der Waals surface area contributed by atoms with Crippen LogP contribution >= 0.6 is 0 Å². The molecule has 13 heavy (non-hydrogen) atoms. The summed E-state index contributed by atoms with van der Waals surface area (Å²) in [5.74, 6) is 2.06. The molecule has 1 heteroatoms. The SMILES string of the molecule is C=C(C)CCC(O)[C@@H]1[C@H]2C=CC[C@H]21. The monoisotopic (exact) mass is 178 g/mol. The fourth-order valence-electron chi connectivity index (χ4n) is 2.53. The minimum absolute atomic E-state index is 0.0864. The number of hydrogen-bond acceptors (Lipinski definition) is 1. The fraction of sp³-hybridized carbons (Fsp3) is 0.667. The van der Waals surface area contributed by atoms with Crippen molar-refractivity contribution in [3.05, 3.63) is 24.3 Å². The number of aliphatic hydroxyl groups excluding tert-OH is 1. The van der Waals surface area contributed by atoms with Crippen molar-refractivity contribution in [1.82, 2.24) is 0 Å². The molecule has 2 aliphatic rings. The van der Waals surface area contributed by atoms with Crippen molar-refractivity contribution in [3.8, 4) is 0 Å². The van der Waals surface area contributed by atoms with Crippen LogP contribution in [0.1, 0.15) is 26.2 Å². The van der Waals surface area contributed by atoms with Crippen molar-refractivity contribution in [1.29, 1.82) is 0 Å². The molecule has 0 heterocycles. The number of hydrogen-bond donors (Lipinski definition) is 1. The molecule has 1 saturated carbocycles. The van der Waals surface area contributed by atoms with Crippen molar-refractivity contribution in [3.63, 3.8) is 0 Å². The van der Waals surface area contributed by atoms with Gasteiger partial charge in [-0.25, -0.2) is 0 Å². The molecule has 72 valence electrons. The highest BCUT2D eigenvalue weighted by molar-refractivity contribution is 5.18. The average molecular weight is 178 g/mol. The second-order valence-electron chi connectivity index (χ2n) is 4.55. The van der Waals surface area contributed by atoms with Gasteiger partial charge in [0, 0.05) is 0 Å². The van der Waals surface area contributed by atoms with Gasteiger partial charge in [0.25, 0.3) is 0 Å². The van der Waals surface area contributed by atoms with Gasteiger partial charge in [-0.1, -0.05) is 17.7 Å². The second-order valence-corrected chi connectivity index (χ2v) is 4.55. The minimum Gasteiger partial charge on any atom is -0.393 e. The van der Waals surface area contributed by atoms with Crippen LogP contribution in [0.5, 0.6) is 0 Å². The summed E-state index contributed by atoms with van der Waals surface area (Å²) in [4.78, 5) is 0. The van der Waals surface area contributed by atoms with Crippen LogP contribution < -0.4 is 0 Å². The Bertz CT molecular complexity index is 242. The summed E-state index contributed by atoms with van der Waals surface area (Å²) in [5.41, 5.74) is 1.18. The minimum atomic E-state index is -0.0864. The molecule has 1 nitrogen and oxygen atoms in total. The van der Waals surface area contributed by atoms with Gasteiger partial charge in [0.05, 0.1) is 6.10 Å². The molecule has 1 unspecified atom stereocenters. The largest absolute Gasteiger partial charge is 0.393 e. The summed E-state index contributed by atoms with van der Waals surface area (Å²) in [5, 5.41) is 9.87. The summed E-state index contributed by atoms with van der Waals surface area (Å²) in [6.45, 7) is 5.88. The highest BCUT2D eigenvalue weighted by atomic mass is 16.3. The molecular weight excluding hydrogens is 160 g/mol. The number of aliphatic hydroxyl groups is 1. The molecule has 1 fully saturated rings. The molecule has 2 rings (SSSR count). The van der Waals surface area contributed by atoms with Gasteiger partial charge >= 0.3 is 0 Å². The van der Waals surface area contributed by atoms with Crippen LogP contribution in [-0.2, 0) is 0 Å². The lowest BCUT2D eigenvalue weighted by Crippen LogP contribution is -2.12. The van der Waals surface area contributed by atoms with E-state index < -0.39 is 0 Å². The first-order valence-electron chi connectivity index (χ1n) is 5.19. The van der Waals surface area contributed by atoms with Gasteiger partial charge in [0.2, 0.25) is 0 Å². The Balaban J connectivity index is 1.76. The molecule has 0 spiro atoms. The van der Waals surface area contributed by atoms with E-state index in [0.717, 1.165) is 18.8 Å². The van der Waals surface area contributed by atoms with Crippen LogP contribution in [0.3, 0.4) is 0 Å². The first kappa shape index (κ1) is 9.01. The van der Waals surface area contributed by atoms with E-state index >= 15 is 0 Å². The van der Waals surface area contributed by atoms with E-state index in [4.69, 9.17) is 0 Å². The Morgan fingerprint density at radius 1 is 1.69 bits per heavy atom. The summed E-state index contributed by atoms with van der Waals surface area (Å²) in [6.07, 6.45) is 7.51. The molecule has 0 saturated heterocycles. The summed E-state index contributed by atoms with van der Waals surface area (Å²) >= 11 is 0. The zero-order valence-electron chi connectivity index (χ0n) is 8.24. The smallest absolute Gasteiger partial charge is 0.0580 e. The van der Waals surface area contributed by atoms with Crippen LogP contribution in [-0.4, -0.2) is 11.2 Å². The zero-order chi connectivity index (χ0) is 9.42. The quantitative estimate of drug-likeness (QED) is 0.656. The topological polar surface area (TPSA) is 20.2 Å². The Morgan fingerprint density at radius 3 is 3.00 bits per heavy atom. The maximum Gasteiger partial charge on any atom is 0.0580 e. The fourth-order valence-corrected chi connectivity index (χ4v) is 2.53. The van der Waals surface area contributed by atoms with Crippen molar-refractivity contribution in [2.45, 2.75) is 32.3 Å². The van der Waals surface area contributed by atoms with Gasteiger partial charge in [0.1, 0.15) is 0 Å². The molecule has 0 radical (unpaired) electrons. The molecule has 4 atom stereocenters. The number of allylic oxidation sites excluding steroid dienone is 3. The van der Waals surface area contributed by atoms with Crippen molar-refractivity contribution in [2.75, 3.05) is 0 Å². The molecule has 0 aromatic heterocycles. The lowest BCUT2D eigenvalue weighted by Gasteiger charge is -2.10. The Morgan fingerprint density at radius 2 is 2.46 bits per heavy atom. The molecule has 0 amide bonds. The second kappa shape index (κ2) is 3.30. The van der Waals surface area contributed by atoms with Gasteiger partial charge in [-0.2, -0.15) is 0 Å². The van der Waals surface area contributed by atoms with E-state index in [1.165, 1.54) is 12.0 Å². The van der Waals surface area contributed by atoms with E-state index in [-0.39, 0.29) is 6.10 Å². The lowest BCUT2D eigenvalue weighted by molar-refractivity contribution is 0.132. The molecule has 0 bridgehead atoms. The van der Waals surface area contributed by atoms with Crippen LogP contribution in [0.2, 0.25) is 0 Å². The van der Waals surface area contributed by atoms with E-state index in [0.29, 0.717) is 11.8 Å². The zero-order valence-corrected chi connectivity index (χ0v) is 8.24. The van der Waals surface area contributed by atoms with Gasteiger partial charge in [-0.05, 0) is 43.9 Å². The normalized spacial score (nSPS) is 37.2. The highest BCUT2D eigenvalue weighted by Gasteiger charge is 2.53. The maximum atomic E-state index is 9.87. The Labute approximate surface area is 80.2 Å². The number of rotatable bonds is 4. The van der Waals surface area contributed by atoms with Crippen LogP contribution in [0.4, 0.5) is 0 Å². The predicted molar refractivity (Wildman–Crippen MR) is 54.3 cm³/mol. The first-order chi connectivity index (χ1) is 6.20. The van der Waals surface area contributed by atoms with Crippen LogP contribution in [0.25, 0.3) is 0 Å². The van der Waals surface area contributed by atoms with Crippen molar-refractivity contribution in [2.24, 2.45) is 17.8 Å². The van der Waals surface area contributed by atoms with Crippen LogP contribution in [0, 0.1) is 17.8 Å². The van der Waals surface area contributed by atoms with Gasteiger partial charge in [0.15, 0.2) is 0 Å². The summed E-state index contributed by atoms with van der Waals surface area (Å²) in [7, 11) is 0. The third-order valence-electron chi connectivity index (χ3n) is 3.37. The molecule has 0 aromatic carbocycles. The average Bonchev–Trinajstić information content (AvgIpc) is 2.56. The first-order valence-corrected chi connectivity index (χ1v) is 5.19. The lowest BCUT2D eigenvalue weighted by atomic mass is 10.0. The Kier molecular flexibility index (Phi) is 2.29. The van der Waals surface area contributed by atoms with Gasteiger partial charge < -0.3 is 5.11 Å². The third-order valence-corrected chi connectivity index (χ3v) is 3.37. The van der Waals surface area contributed by atoms with E-state index in [2.05, 4.69) is 18.7 Å². The third kappa shape index (κ3) is 1.71. The molecule has 0 aromatic rings. The standard InChI is InChI=1S/C12H18O/c1-8(2)6-7-11(13)12-9-4-3-5-10(9)12/h3-4,9-13H,1,5-7H2,2H3/t9-,10+,11?,12+/m0/s1. The van der Waals surface area contributed by atoms with E-state index in [9.17, 15) is 5.11 Å².